The molecule has 0 rings (SSSR count). The second-order valence-electron chi connectivity index (χ2n) is 0.289. The van der Waals surface area contributed by atoms with Crippen LogP contribution in [0.3, 0.4) is 0 Å². The summed E-state index contributed by atoms with van der Waals surface area (Å²) >= 11 is 0. The van der Waals surface area contributed by atoms with E-state index in [0.29, 0.717) is 0 Å². The molecule has 1 heteroatoms. The van der Waals surface area contributed by atoms with Gasteiger partial charge in [0.1, 0.15) is 0 Å². The summed E-state index contributed by atoms with van der Waals surface area (Å²) in [5, 5.41) is 0. The Bertz CT molecular complexity index is 24.8. The Labute approximate surface area is 31.2 Å². The second kappa shape index (κ2) is 14.5. The predicted octanol–water partition coefficient (Wildman–Crippen LogP) is -0.812. The van der Waals surface area contributed by atoms with E-state index in [-0.39, 0.29) is 11.0 Å². The van der Waals surface area contributed by atoms with Gasteiger partial charge in [0.15, 0.2) is 0 Å². The smallest absolute Gasteiger partial charge is 0.00297 e. The molecule has 0 nitrogen and oxygen atoms in total. The highest BCUT2D eigenvalue weighted by Crippen LogP contribution is 1.21. The normalized spacial score (nSPS) is 2.00. The van der Waals surface area contributed by atoms with Crippen molar-refractivity contribution in [3.8, 4) is 12.3 Å². The molecular formula is C3H8Si. The number of rotatable bonds is 0. The monoisotopic (exact) mass is 72.0 g/mol. The van der Waals surface area contributed by atoms with Crippen molar-refractivity contribution in [2.75, 3.05) is 0 Å². The Morgan fingerprint density at radius 2 is 1.75 bits per heavy atom. The molecule has 0 heterocycles. The fourth-order valence-electron chi connectivity index (χ4n) is 0. The number of terminal acetylenes is 1. The van der Waals surface area contributed by atoms with Crippen LogP contribution in [0.15, 0.2) is 0 Å². The minimum atomic E-state index is 0. The lowest BCUT2D eigenvalue weighted by Gasteiger charge is -1.23. The van der Waals surface area contributed by atoms with E-state index in [2.05, 4.69) is 12.3 Å². The van der Waals surface area contributed by atoms with Gasteiger partial charge in [-0.15, -0.1) is 12.3 Å². The van der Waals surface area contributed by atoms with Crippen LogP contribution in [0.25, 0.3) is 0 Å². The van der Waals surface area contributed by atoms with Crippen LogP contribution in [0.4, 0.5) is 0 Å². The molecule has 0 aliphatic heterocycles. The molecule has 0 saturated carbocycles. The molecule has 4 heavy (non-hydrogen) atoms. The largest absolute Gasteiger partial charge is 0.120 e. The quantitative estimate of drug-likeness (QED) is 0.259. The molecule has 0 aliphatic rings. The van der Waals surface area contributed by atoms with Gasteiger partial charge in [-0.1, -0.05) is 0 Å². The molecule has 0 atom stereocenters. The molecule has 0 fully saturated rings. The van der Waals surface area contributed by atoms with Crippen molar-refractivity contribution in [3.63, 3.8) is 0 Å². The molecule has 0 N–H and O–H groups in total. The first kappa shape index (κ1) is 9.22. The standard InChI is InChI=1S/C3H4.H4Si/c1-3-2;/h1H,2H3;1H4. The second-order valence-corrected chi connectivity index (χ2v) is 0.289. The lowest BCUT2D eigenvalue weighted by molar-refractivity contribution is 1.94. The van der Waals surface area contributed by atoms with Gasteiger partial charge >= 0.3 is 0 Å². The van der Waals surface area contributed by atoms with E-state index >= 15 is 0 Å². The molecule has 0 bridgehead atoms. The maximum absolute atomic E-state index is 4.60. The highest BCUT2D eigenvalue weighted by molar-refractivity contribution is 5.75. The van der Waals surface area contributed by atoms with Crippen LogP contribution in [0, 0.1) is 12.3 Å². The molecule has 0 amide bonds. The van der Waals surface area contributed by atoms with Gasteiger partial charge in [-0.25, -0.2) is 0 Å². The average Bonchev–Trinajstić information content (AvgIpc) is 0.918. The van der Waals surface area contributed by atoms with E-state index in [4.69, 9.17) is 0 Å². The highest BCUT2D eigenvalue weighted by Gasteiger charge is 1.09. The topological polar surface area (TPSA) is 0 Å². The third kappa shape index (κ3) is 21.5. The molecule has 0 aromatic rings. The average molecular weight is 72.2 g/mol. The van der Waals surface area contributed by atoms with Gasteiger partial charge in [-0.2, -0.15) is 0 Å². The van der Waals surface area contributed by atoms with Crippen LogP contribution in [-0.2, 0) is 0 Å². The van der Waals surface area contributed by atoms with Gasteiger partial charge < -0.3 is 0 Å². The summed E-state index contributed by atoms with van der Waals surface area (Å²) in [4.78, 5) is 0. The summed E-state index contributed by atoms with van der Waals surface area (Å²) in [7, 11) is 0. The number of hydrogen-bond acceptors (Lipinski definition) is 0. The van der Waals surface area contributed by atoms with E-state index in [0.717, 1.165) is 0 Å². The lowest BCUT2D eigenvalue weighted by atomic mass is 10.9. The molecular weight excluding hydrogens is 64.1 g/mol. The first-order valence-corrected chi connectivity index (χ1v) is 0.789. The molecule has 0 aromatic heterocycles. The minimum absolute atomic E-state index is 0. The van der Waals surface area contributed by atoms with Gasteiger partial charge in [0.05, 0.1) is 0 Å². The minimum Gasteiger partial charge on any atom is -0.120 e. The fourth-order valence-corrected chi connectivity index (χ4v) is 0. The zero-order valence-corrected chi connectivity index (χ0v) is 2.08. The Morgan fingerprint density at radius 3 is 1.75 bits per heavy atom. The summed E-state index contributed by atoms with van der Waals surface area (Å²) in [5.74, 6) is 2.25. The maximum Gasteiger partial charge on any atom is -0.00297 e. The molecule has 0 radical (unpaired) electrons. The summed E-state index contributed by atoms with van der Waals surface area (Å²) in [6, 6.07) is 0. The van der Waals surface area contributed by atoms with E-state index in [1.165, 1.54) is 0 Å². The van der Waals surface area contributed by atoms with Crippen LogP contribution in [0.5, 0.6) is 0 Å². The molecule has 24 valence electrons. The Morgan fingerprint density at radius 1 is 1.75 bits per heavy atom. The molecule has 0 spiro atoms. The zero-order valence-electron chi connectivity index (χ0n) is 2.08. The van der Waals surface area contributed by atoms with Crippen LogP contribution in [0.1, 0.15) is 6.92 Å². The Kier molecular flexibility index (Phi) is 33.5. The predicted molar refractivity (Wildman–Crippen MR) is 25.8 cm³/mol. The first-order chi connectivity index (χ1) is 1.41. The van der Waals surface area contributed by atoms with E-state index in [9.17, 15) is 0 Å². The van der Waals surface area contributed by atoms with Crippen LogP contribution in [-0.4, -0.2) is 11.0 Å². The summed E-state index contributed by atoms with van der Waals surface area (Å²) in [6.07, 6.45) is 4.60. The molecule has 0 unspecified atom stereocenters. The van der Waals surface area contributed by atoms with E-state index < -0.39 is 0 Å². The van der Waals surface area contributed by atoms with Gasteiger partial charge in [0.25, 0.3) is 0 Å². The molecule has 0 aliphatic carbocycles. The van der Waals surface area contributed by atoms with Crippen molar-refractivity contribution in [1.82, 2.24) is 0 Å². The molecule has 0 aromatic carbocycles. The lowest BCUT2D eigenvalue weighted by Crippen LogP contribution is -1.10. The van der Waals surface area contributed by atoms with Crippen molar-refractivity contribution in [3.05, 3.63) is 0 Å². The fraction of sp³-hybridized carbons (Fsp3) is 0.333. The van der Waals surface area contributed by atoms with Crippen molar-refractivity contribution in [2.45, 2.75) is 6.92 Å². The van der Waals surface area contributed by atoms with Gasteiger partial charge in [-0.3, -0.25) is 0 Å². The highest BCUT2D eigenvalue weighted by atomic mass is 28.1. The Balaban J connectivity index is 0. The summed E-state index contributed by atoms with van der Waals surface area (Å²) in [5.41, 5.74) is 0. The third-order valence-electron chi connectivity index (χ3n) is 0. The first-order valence-electron chi connectivity index (χ1n) is 0.789. The van der Waals surface area contributed by atoms with Gasteiger partial charge in [0, 0.05) is 0 Å². The van der Waals surface area contributed by atoms with Crippen LogP contribution < -0.4 is 0 Å². The summed E-state index contributed by atoms with van der Waals surface area (Å²) in [6.45, 7) is 1.65. The van der Waals surface area contributed by atoms with Gasteiger partial charge in [0.2, 0.25) is 0 Å². The zero-order chi connectivity index (χ0) is 2.71. The Hall–Kier alpha value is -0.223. The third-order valence-corrected chi connectivity index (χ3v) is 0. The molecule has 0 saturated heterocycles. The van der Waals surface area contributed by atoms with E-state index in [1.807, 2.05) is 0 Å². The summed E-state index contributed by atoms with van der Waals surface area (Å²) < 4.78 is 0. The van der Waals surface area contributed by atoms with Crippen molar-refractivity contribution in [2.24, 2.45) is 0 Å². The van der Waals surface area contributed by atoms with Crippen molar-refractivity contribution < 1.29 is 0 Å². The van der Waals surface area contributed by atoms with Crippen LogP contribution >= 0.6 is 0 Å². The van der Waals surface area contributed by atoms with Crippen molar-refractivity contribution in [1.29, 1.82) is 0 Å². The maximum atomic E-state index is 4.60. The van der Waals surface area contributed by atoms with Crippen molar-refractivity contribution >= 4 is 11.0 Å². The SMILES string of the molecule is C#CC.[SiH4]. The number of hydrogen-bond donors (Lipinski definition) is 0. The van der Waals surface area contributed by atoms with Crippen LogP contribution in [0.2, 0.25) is 0 Å². The van der Waals surface area contributed by atoms with Gasteiger partial charge in [-0.05, 0) is 17.9 Å². The van der Waals surface area contributed by atoms with E-state index in [1.54, 1.807) is 6.92 Å².